The molecule has 0 heterocycles. The molecular formula is C7H10ClIO3. The average molecular weight is 305 g/mol. The van der Waals surface area contributed by atoms with E-state index in [4.69, 9.17) is 16.7 Å². The molecule has 0 saturated carbocycles. The fourth-order valence-corrected chi connectivity index (χ4v) is 0.892. The van der Waals surface area contributed by atoms with Gasteiger partial charge in [0.1, 0.15) is 0 Å². The third-order valence-corrected chi connectivity index (χ3v) is 1.81. The van der Waals surface area contributed by atoms with Gasteiger partial charge in [0.25, 0.3) is 0 Å². The van der Waals surface area contributed by atoms with Crippen LogP contribution in [-0.4, -0.2) is 23.1 Å². The van der Waals surface area contributed by atoms with Crippen molar-refractivity contribution in [3.63, 3.8) is 0 Å². The number of hydrogen-bond donors (Lipinski definition) is 1. The van der Waals surface area contributed by atoms with Crippen LogP contribution >= 0.6 is 34.6 Å². The fourth-order valence-electron chi connectivity index (χ4n) is 0.587. The zero-order valence-corrected chi connectivity index (χ0v) is 9.29. The summed E-state index contributed by atoms with van der Waals surface area (Å²) in [5, 5.41) is 9.14. The van der Waals surface area contributed by atoms with Crippen molar-refractivity contribution in [2.24, 2.45) is 0 Å². The minimum absolute atomic E-state index is 0.0122. The molecule has 12 heavy (non-hydrogen) atoms. The zero-order chi connectivity index (χ0) is 9.40. The monoisotopic (exact) mass is 304 g/mol. The van der Waals surface area contributed by atoms with Crippen LogP contribution in [0.5, 0.6) is 0 Å². The summed E-state index contributed by atoms with van der Waals surface area (Å²) in [5.41, 5.74) is 0. The average Bonchev–Trinajstić information content (AvgIpc) is 2.05. The summed E-state index contributed by atoms with van der Waals surface area (Å²) >= 11 is 6.88. The highest BCUT2D eigenvalue weighted by Gasteiger charge is 2.07. The summed E-state index contributed by atoms with van der Waals surface area (Å²) in [7, 11) is 0. The first-order chi connectivity index (χ1) is 5.70. The Hall–Kier alpha value is 0.190. The van der Waals surface area contributed by atoms with Gasteiger partial charge in [-0.3, -0.25) is 4.79 Å². The number of allylic oxidation sites excluding steroid dienone is 1. The molecule has 0 aromatic heterocycles. The first-order valence-electron chi connectivity index (χ1n) is 3.42. The molecule has 0 aliphatic rings. The molecule has 0 spiro atoms. The maximum Gasteiger partial charge on any atom is 0.318 e. The van der Waals surface area contributed by atoms with Crippen LogP contribution in [-0.2, 0) is 7.86 Å². The van der Waals surface area contributed by atoms with Crippen LogP contribution in [0.1, 0.15) is 12.8 Å². The van der Waals surface area contributed by atoms with Crippen LogP contribution in [0.15, 0.2) is 12.2 Å². The minimum atomic E-state index is -0.768. The molecule has 0 fully saturated rings. The van der Waals surface area contributed by atoms with Crippen molar-refractivity contribution >= 4 is 40.6 Å². The number of carbonyl (C=O) groups excluding carboxylic acids is 1. The van der Waals surface area contributed by atoms with Gasteiger partial charge in [0.15, 0.2) is 23.0 Å². The number of rotatable bonds is 5. The summed E-state index contributed by atoms with van der Waals surface area (Å²) < 4.78 is 4.34. The van der Waals surface area contributed by atoms with Gasteiger partial charge < -0.3 is 8.17 Å². The Bertz CT molecular complexity index is 161. The molecule has 0 bridgehead atoms. The molecule has 0 aromatic carbocycles. The molecule has 0 aliphatic carbocycles. The molecule has 1 atom stereocenters. The van der Waals surface area contributed by atoms with Gasteiger partial charge in [-0.25, -0.2) is 0 Å². The number of carbonyl (C=O) groups is 1. The van der Waals surface area contributed by atoms with Crippen LogP contribution in [0, 0.1) is 0 Å². The van der Waals surface area contributed by atoms with E-state index >= 15 is 0 Å². The van der Waals surface area contributed by atoms with Crippen molar-refractivity contribution in [2.75, 3.05) is 5.88 Å². The van der Waals surface area contributed by atoms with E-state index in [1.807, 2.05) is 0 Å². The topological polar surface area (TPSA) is 46.5 Å². The lowest BCUT2D eigenvalue weighted by atomic mass is 10.2. The standard InChI is InChI=1S/C7H10ClIO3/c8-4-2-1-3-6(10)5-7(11)12-9/h1,3,6,10H,2,4-5H2/b3-1+/t6-/m1/s1. The van der Waals surface area contributed by atoms with E-state index in [0.717, 1.165) is 0 Å². The number of halogens is 2. The van der Waals surface area contributed by atoms with Crippen molar-refractivity contribution in [1.82, 2.24) is 0 Å². The van der Waals surface area contributed by atoms with Crippen molar-refractivity contribution < 1.29 is 13.0 Å². The quantitative estimate of drug-likeness (QED) is 0.479. The molecule has 5 heteroatoms. The van der Waals surface area contributed by atoms with Crippen molar-refractivity contribution in [3.05, 3.63) is 12.2 Å². The number of aliphatic hydroxyl groups is 1. The number of hydrogen-bond acceptors (Lipinski definition) is 3. The van der Waals surface area contributed by atoms with E-state index < -0.39 is 12.1 Å². The van der Waals surface area contributed by atoms with Gasteiger partial charge in [-0.05, 0) is 6.42 Å². The first kappa shape index (κ1) is 12.2. The van der Waals surface area contributed by atoms with Gasteiger partial charge >= 0.3 is 5.97 Å². The lowest BCUT2D eigenvalue weighted by Gasteiger charge is -2.01. The lowest BCUT2D eigenvalue weighted by Crippen LogP contribution is -2.10. The van der Waals surface area contributed by atoms with Gasteiger partial charge in [-0.2, -0.15) is 0 Å². The molecule has 0 aromatic rings. The van der Waals surface area contributed by atoms with Crippen molar-refractivity contribution in [1.29, 1.82) is 0 Å². The second-order valence-electron chi connectivity index (χ2n) is 2.13. The smallest absolute Gasteiger partial charge is 0.318 e. The van der Waals surface area contributed by atoms with E-state index in [2.05, 4.69) is 3.07 Å². The highest BCUT2D eigenvalue weighted by molar-refractivity contribution is 14.1. The maximum absolute atomic E-state index is 10.6. The normalized spacial score (nSPS) is 13.2. The van der Waals surface area contributed by atoms with Crippen LogP contribution < -0.4 is 0 Å². The fraction of sp³-hybridized carbons (Fsp3) is 0.571. The second kappa shape index (κ2) is 7.82. The highest BCUT2D eigenvalue weighted by Crippen LogP contribution is 2.00. The third kappa shape index (κ3) is 6.87. The Morgan fingerprint density at radius 3 is 2.92 bits per heavy atom. The number of alkyl halides is 1. The molecular weight excluding hydrogens is 294 g/mol. The summed E-state index contributed by atoms with van der Waals surface area (Å²) in [6.07, 6.45) is 3.18. The van der Waals surface area contributed by atoms with Crippen LogP contribution in [0.3, 0.4) is 0 Å². The largest absolute Gasteiger partial charge is 0.394 e. The first-order valence-corrected chi connectivity index (χ1v) is 4.84. The molecule has 0 saturated heterocycles. The molecule has 1 N–H and O–H groups in total. The Morgan fingerprint density at radius 2 is 2.42 bits per heavy atom. The molecule has 3 nitrogen and oxygen atoms in total. The van der Waals surface area contributed by atoms with E-state index in [1.54, 1.807) is 6.08 Å². The summed E-state index contributed by atoms with van der Waals surface area (Å²) in [6, 6.07) is 0. The Kier molecular flexibility index (Phi) is 7.94. The second-order valence-corrected chi connectivity index (χ2v) is 2.94. The number of aliphatic hydroxyl groups excluding tert-OH is 1. The predicted molar refractivity (Wildman–Crippen MR) is 55.2 cm³/mol. The maximum atomic E-state index is 10.6. The van der Waals surface area contributed by atoms with Gasteiger partial charge in [0.05, 0.1) is 12.5 Å². The Morgan fingerprint density at radius 1 is 1.75 bits per heavy atom. The van der Waals surface area contributed by atoms with Crippen LogP contribution in [0.2, 0.25) is 0 Å². The van der Waals surface area contributed by atoms with Gasteiger partial charge in [0.2, 0.25) is 0 Å². The Labute approximate surface area is 90.4 Å². The Balaban J connectivity index is 3.58. The summed E-state index contributed by atoms with van der Waals surface area (Å²) in [5.74, 6) is 0.0820. The molecule has 0 aliphatic heterocycles. The molecule has 0 unspecified atom stereocenters. The zero-order valence-electron chi connectivity index (χ0n) is 6.37. The molecule has 0 radical (unpaired) electrons. The van der Waals surface area contributed by atoms with Crippen LogP contribution in [0.4, 0.5) is 0 Å². The van der Waals surface area contributed by atoms with E-state index in [0.29, 0.717) is 12.3 Å². The molecule has 0 amide bonds. The third-order valence-electron chi connectivity index (χ3n) is 1.10. The van der Waals surface area contributed by atoms with Crippen LogP contribution in [0.25, 0.3) is 0 Å². The SMILES string of the molecule is O=C(C[C@H](O)/C=C/CCCl)OI. The van der Waals surface area contributed by atoms with Gasteiger partial charge in [-0.15, -0.1) is 11.6 Å². The highest BCUT2D eigenvalue weighted by atomic mass is 127. The predicted octanol–water partition coefficient (Wildman–Crippen LogP) is 1.82. The van der Waals surface area contributed by atoms with Gasteiger partial charge in [-0.1, -0.05) is 12.2 Å². The minimum Gasteiger partial charge on any atom is -0.394 e. The van der Waals surface area contributed by atoms with E-state index in [-0.39, 0.29) is 6.42 Å². The van der Waals surface area contributed by atoms with Gasteiger partial charge in [0, 0.05) is 5.88 Å². The van der Waals surface area contributed by atoms with E-state index in [9.17, 15) is 4.79 Å². The van der Waals surface area contributed by atoms with Crippen molar-refractivity contribution in [3.8, 4) is 0 Å². The molecule has 0 rings (SSSR count). The molecule has 70 valence electrons. The summed E-state index contributed by atoms with van der Waals surface area (Å²) in [6.45, 7) is 0. The van der Waals surface area contributed by atoms with E-state index in [1.165, 1.54) is 29.1 Å². The lowest BCUT2D eigenvalue weighted by molar-refractivity contribution is -0.132. The summed E-state index contributed by atoms with van der Waals surface area (Å²) in [4.78, 5) is 10.6. The van der Waals surface area contributed by atoms with Crippen molar-refractivity contribution in [2.45, 2.75) is 18.9 Å².